The SMILES string of the molecule is CC(=NC1=CCC=CC=C1)N=C(C)N(C)C.CC1CCC(CNCCc2cccc(Oc3ccccc3)c2)CC1. The maximum absolute atomic E-state index is 5.91. The van der Waals surface area contributed by atoms with Gasteiger partial charge < -0.3 is 15.0 Å². The van der Waals surface area contributed by atoms with E-state index in [0.29, 0.717) is 0 Å². The Morgan fingerprint density at radius 1 is 0.950 bits per heavy atom. The van der Waals surface area contributed by atoms with Crippen LogP contribution in [0.2, 0.25) is 0 Å². The van der Waals surface area contributed by atoms with E-state index in [1.807, 2.05) is 87.5 Å². The fourth-order valence-corrected chi connectivity index (χ4v) is 4.66. The normalized spacial score (nSPS) is 19.3. The average Bonchev–Trinajstić information content (AvgIpc) is 3.22. The minimum absolute atomic E-state index is 0.781. The fraction of sp³-hybridized carbons (Fsp3) is 0.429. The molecule has 1 fully saturated rings. The summed E-state index contributed by atoms with van der Waals surface area (Å²) < 4.78 is 5.91. The van der Waals surface area contributed by atoms with Gasteiger partial charge in [-0.1, -0.05) is 74.4 Å². The molecule has 0 unspecified atom stereocenters. The first-order chi connectivity index (χ1) is 19.4. The molecular weight excluding hydrogens is 492 g/mol. The highest BCUT2D eigenvalue weighted by Gasteiger charge is 2.17. The third-order valence-corrected chi connectivity index (χ3v) is 7.28. The average molecular weight is 541 g/mol. The molecule has 40 heavy (non-hydrogen) atoms. The molecule has 0 aromatic heterocycles. The second-order valence-corrected chi connectivity index (χ2v) is 11.0. The molecule has 214 valence electrons. The van der Waals surface area contributed by atoms with E-state index in [1.165, 1.54) is 37.8 Å². The number of hydrogen-bond donors (Lipinski definition) is 1. The number of nitrogens with zero attached hydrogens (tertiary/aromatic N) is 3. The van der Waals surface area contributed by atoms with Crippen LogP contribution in [0, 0.1) is 11.8 Å². The number of ether oxygens (including phenoxy) is 1. The van der Waals surface area contributed by atoms with Gasteiger partial charge in [0.1, 0.15) is 23.2 Å². The van der Waals surface area contributed by atoms with Gasteiger partial charge in [-0.15, -0.1) is 0 Å². The molecule has 0 aliphatic heterocycles. The number of para-hydroxylation sites is 1. The van der Waals surface area contributed by atoms with Gasteiger partial charge in [-0.3, -0.25) is 0 Å². The van der Waals surface area contributed by atoms with E-state index in [0.717, 1.165) is 60.1 Å². The molecule has 1 N–H and O–H groups in total. The van der Waals surface area contributed by atoms with E-state index in [2.05, 4.69) is 52.6 Å². The highest BCUT2D eigenvalue weighted by molar-refractivity contribution is 5.95. The molecule has 5 heteroatoms. The molecule has 0 bridgehead atoms. The minimum atomic E-state index is 0.781. The van der Waals surface area contributed by atoms with Crippen LogP contribution in [0.25, 0.3) is 0 Å². The summed E-state index contributed by atoms with van der Waals surface area (Å²) in [6.45, 7) is 8.49. The van der Waals surface area contributed by atoms with Crippen molar-refractivity contribution in [1.82, 2.24) is 10.2 Å². The van der Waals surface area contributed by atoms with Gasteiger partial charge in [0.2, 0.25) is 0 Å². The Balaban J connectivity index is 0.000000241. The zero-order chi connectivity index (χ0) is 28.6. The molecule has 2 aliphatic carbocycles. The minimum Gasteiger partial charge on any atom is -0.457 e. The second-order valence-electron chi connectivity index (χ2n) is 11.0. The molecular formula is C35H48N4O. The molecule has 0 amide bonds. The van der Waals surface area contributed by atoms with Gasteiger partial charge in [0.05, 0.1) is 5.70 Å². The molecule has 0 atom stereocenters. The Bertz CT molecular complexity index is 1170. The number of allylic oxidation sites excluding steroid dienone is 5. The van der Waals surface area contributed by atoms with E-state index in [1.54, 1.807) is 0 Å². The van der Waals surface area contributed by atoms with Crippen LogP contribution in [-0.2, 0) is 6.42 Å². The molecule has 2 aliphatic rings. The molecule has 1 saturated carbocycles. The Hall–Kier alpha value is -3.44. The lowest BCUT2D eigenvalue weighted by Gasteiger charge is -2.26. The molecule has 2 aromatic rings. The summed E-state index contributed by atoms with van der Waals surface area (Å²) >= 11 is 0. The number of rotatable bonds is 8. The van der Waals surface area contributed by atoms with Crippen LogP contribution in [0.1, 0.15) is 58.4 Å². The molecule has 0 saturated heterocycles. The molecule has 0 heterocycles. The maximum atomic E-state index is 5.91. The lowest BCUT2D eigenvalue weighted by atomic mass is 9.83. The van der Waals surface area contributed by atoms with Crippen LogP contribution in [0.5, 0.6) is 11.5 Å². The van der Waals surface area contributed by atoms with Crippen molar-refractivity contribution in [1.29, 1.82) is 0 Å². The lowest BCUT2D eigenvalue weighted by molar-refractivity contribution is 0.282. The summed E-state index contributed by atoms with van der Waals surface area (Å²) in [6, 6.07) is 18.4. The molecule has 4 rings (SSSR count). The van der Waals surface area contributed by atoms with Gasteiger partial charge in [-0.05, 0) is 100 Å². The molecule has 2 aromatic carbocycles. The van der Waals surface area contributed by atoms with Crippen LogP contribution in [0.15, 0.2) is 101 Å². The summed E-state index contributed by atoms with van der Waals surface area (Å²) in [4.78, 5) is 10.8. The van der Waals surface area contributed by atoms with Crippen molar-refractivity contribution in [2.75, 3.05) is 27.2 Å². The van der Waals surface area contributed by atoms with E-state index >= 15 is 0 Å². The summed E-state index contributed by atoms with van der Waals surface area (Å²) in [5.41, 5.74) is 2.30. The predicted molar refractivity (Wildman–Crippen MR) is 172 cm³/mol. The number of aliphatic imine (C=N–C) groups is 2. The van der Waals surface area contributed by atoms with Crippen LogP contribution >= 0.6 is 0 Å². The monoisotopic (exact) mass is 540 g/mol. The highest BCUT2D eigenvalue weighted by Crippen LogP contribution is 2.27. The van der Waals surface area contributed by atoms with Crippen molar-refractivity contribution in [3.05, 3.63) is 96.2 Å². The van der Waals surface area contributed by atoms with Gasteiger partial charge >= 0.3 is 0 Å². The van der Waals surface area contributed by atoms with E-state index in [-0.39, 0.29) is 0 Å². The Labute approximate surface area is 242 Å². The maximum Gasteiger partial charge on any atom is 0.127 e. The molecule has 0 spiro atoms. The summed E-state index contributed by atoms with van der Waals surface area (Å²) in [5.74, 6) is 5.36. The van der Waals surface area contributed by atoms with Crippen LogP contribution in [0.3, 0.4) is 0 Å². The number of benzene rings is 2. The van der Waals surface area contributed by atoms with Crippen molar-refractivity contribution in [3.63, 3.8) is 0 Å². The standard InChI is InChI=1S/C22H29NO.C13H19N3/c1-18-10-12-20(13-11-18)17-23-15-14-19-6-5-9-22(16-19)24-21-7-3-2-4-8-21;1-11(14-12(2)16(3)4)15-13-9-7-5-6-8-10-13/h2-9,16,18,20,23H,10-15,17H2,1H3;5-7,9-10H,8H2,1-4H3. The highest BCUT2D eigenvalue weighted by atomic mass is 16.5. The van der Waals surface area contributed by atoms with Gasteiger partial charge in [0, 0.05) is 14.1 Å². The number of nitrogens with one attached hydrogen (secondary N) is 1. The second kappa shape index (κ2) is 17.3. The molecule has 0 radical (unpaired) electrons. The number of amidine groups is 2. The first kappa shape index (κ1) is 31.1. The van der Waals surface area contributed by atoms with Crippen molar-refractivity contribution in [3.8, 4) is 11.5 Å². The van der Waals surface area contributed by atoms with Crippen LogP contribution in [-0.4, -0.2) is 43.8 Å². The topological polar surface area (TPSA) is 49.2 Å². The molecule has 5 nitrogen and oxygen atoms in total. The third kappa shape index (κ3) is 12.2. The first-order valence-corrected chi connectivity index (χ1v) is 14.7. The zero-order valence-electron chi connectivity index (χ0n) is 25.1. The Morgan fingerprint density at radius 3 is 2.45 bits per heavy atom. The quantitative estimate of drug-likeness (QED) is 0.208. The van der Waals surface area contributed by atoms with Crippen molar-refractivity contribution >= 4 is 11.7 Å². The largest absolute Gasteiger partial charge is 0.457 e. The van der Waals surface area contributed by atoms with E-state index < -0.39 is 0 Å². The van der Waals surface area contributed by atoms with Crippen molar-refractivity contribution in [2.24, 2.45) is 21.8 Å². The zero-order valence-corrected chi connectivity index (χ0v) is 25.1. The third-order valence-electron chi connectivity index (χ3n) is 7.28. The predicted octanol–water partition coefficient (Wildman–Crippen LogP) is 8.22. The summed E-state index contributed by atoms with van der Waals surface area (Å²) in [7, 11) is 3.95. The van der Waals surface area contributed by atoms with Crippen LogP contribution in [0.4, 0.5) is 0 Å². The smallest absolute Gasteiger partial charge is 0.127 e. The summed E-state index contributed by atoms with van der Waals surface area (Å²) in [5, 5.41) is 3.65. The van der Waals surface area contributed by atoms with Gasteiger partial charge in [-0.2, -0.15) is 0 Å². The lowest BCUT2D eigenvalue weighted by Crippen LogP contribution is -2.27. The van der Waals surface area contributed by atoms with Gasteiger partial charge in [0.25, 0.3) is 0 Å². The van der Waals surface area contributed by atoms with E-state index in [4.69, 9.17) is 4.74 Å². The van der Waals surface area contributed by atoms with Crippen molar-refractivity contribution in [2.45, 2.75) is 59.3 Å². The fourth-order valence-electron chi connectivity index (χ4n) is 4.66. The van der Waals surface area contributed by atoms with Crippen LogP contribution < -0.4 is 10.1 Å². The van der Waals surface area contributed by atoms with Gasteiger partial charge in [-0.25, -0.2) is 9.98 Å². The first-order valence-electron chi connectivity index (χ1n) is 14.7. The van der Waals surface area contributed by atoms with E-state index in [9.17, 15) is 0 Å². The van der Waals surface area contributed by atoms with Crippen molar-refractivity contribution < 1.29 is 4.74 Å². The summed E-state index contributed by atoms with van der Waals surface area (Å²) in [6.07, 6.45) is 17.8. The Morgan fingerprint density at radius 2 is 1.70 bits per heavy atom. The van der Waals surface area contributed by atoms with Gasteiger partial charge in [0.15, 0.2) is 0 Å². The Kier molecular flexibility index (Phi) is 13.4. The number of hydrogen-bond acceptors (Lipinski definition) is 3.